The normalized spacial score (nSPS) is 15.0. The van der Waals surface area contributed by atoms with Crippen LogP contribution in [0.25, 0.3) is 11.3 Å². The van der Waals surface area contributed by atoms with Gasteiger partial charge in [-0.2, -0.15) is 13.2 Å². The first kappa shape index (κ1) is 18.7. The summed E-state index contributed by atoms with van der Waals surface area (Å²) in [7, 11) is 0. The Kier molecular flexibility index (Phi) is 5.17. The number of benzene rings is 1. The SMILES string of the molecule is FC(F)(F)c1cc(Nc2nc(-c3cncnc3)cs2)ccc1OC1CCCC1. The smallest absolute Gasteiger partial charge is 0.420 e. The second kappa shape index (κ2) is 7.75. The monoisotopic (exact) mass is 406 g/mol. The van der Waals surface area contributed by atoms with Crippen LogP contribution >= 0.6 is 11.3 Å². The molecule has 4 rings (SSSR count). The Bertz CT molecular complexity index is 940. The Morgan fingerprint density at radius 3 is 2.57 bits per heavy atom. The lowest BCUT2D eigenvalue weighted by atomic mass is 10.1. The minimum Gasteiger partial charge on any atom is -0.490 e. The van der Waals surface area contributed by atoms with Crippen LogP contribution in [0.15, 0.2) is 42.3 Å². The fourth-order valence-corrected chi connectivity index (χ4v) is 3.88. The zero-order chi connectivity index (χ0) is 19.6. The quantitative estimate of drug-likeness (QED) is 0.590. The molecule has 1 aromatic carbocycles. The number of rotatable bonds is 5. The number of alkyl halides is 3. The Morgan fingerprint density at radius 1 is 1.11 bits per heavy atom. The highest BCUT2D eigenvalue weighted by Crippen LogP contribution is 2.40. The van der Waals surface area contributed by atoms with Crippen molar-refractivity contribution in [2.24, 2.45) is 0 Å². The summed E-state index contributed by atoms with van der Waals surface area (Å²) in [6.07, 6.45) is 3.60. The van der Waals surface area contributed by atoms with Crippen molar-refractivity contribution in [3.63, 3.8) is 0 Å². The molecule has 1 saturated carbocycles. The molecule has 0 amide bonds. The Morgan fingerprint density at radius 2 is 1.86 bits per heavy atom. The van der Waals surface area contributed by atoms with E-state index in [1.807, 2.05) is 0 Å². The molecule has 0 aliphatic heterocycles. The van der Waals surface area contributed by atoms with E-state index in [4.69, 9.17) is 4.74 Å². The predicted molar refractivity (Wildman–Crippen MR) is 101 cm³/mol. The highest BCUT2D eigenvalue weighted by molar-refractivity contribution is 7.14. The van der Waals surface area contributed by atoms with Crippen LogP contribution < -0.4 is 10.1 Å². The Labute approximate surface area is 163 Å². The van der Waals surface area contributed by atoms with E-state index in [-0.39, 0.29) is 11.9 Å². The van der Waals surface area contributed by atoms with Crippen molar-refractivity contribution >= 4 is 22.2 Å². The molecule has 0 unspecified atom stereocenters. The fraction of sp³-hybridized carbons (Fsp3) is 0.316. The molecule has 9 heteroatoms. The molecule has 1 fully saturated rings. The molecule has 2 aromatic heterocycles. The van der Waals surface area contributed by atoms with Crippen LogP contribution in [0.5, 0.6) is 5.75 Å². The van der Waals surface area contributed by atoms with E-state index in [0.717, 1.165) is 37.3 Å². The summed E-state index contributed by atoms with van der Waals surface area (Å²) in [6.45, 7) is 0. The molecule has 146 valence electrons. The number of nitrogens with one attached hydrogen (secondary N) is 1. The highest BCUT2D eigenvalue weighted by atomic mass is 32.1. The lowest BCUT2D eigenvalue weighted by Crippen LogP contribution is -2.15. The first-order chi connectivity index (χ1) is 13.5. The molecule has 3 aromatic rings. The van der Waals surface area contributed by atoms with Gasteiger partial charge in [-0.05, 0) is 43.9 Å². The number of ether oxygens (including phenoxy) is 1. The number of aromatic nitrogens is 3. The molecule has 0 radical (unpaired) electrons. The van der Waals surface area contributed by atoms with Crippen LogP contribution in [0.4, 0.5) is 24.0 Å². The van der Waals surface area contributed by atoms with Crippen LogP contribution in [0.2, 0.25) is 0 Å². The zero-order valence-electron chi connectivity index (χ0n) is 14.7. The van der Waals surface area contributed by atoms with Crippen molar-refractivity contribution in [2.45, 2.75) is 38.0 Å². The van der Waals surface area contributed by atoms with E-state index in [9.17, 15) is 13.2 Å². The van der Waals surface area contributed by atoms with Gasteiger partial charge in [0.25, 0.3) is 0 Å². The maximum atomic E-state index is 13.5. The van der Waals surface area contributed by atoms with E-state index in [0.29, 0.717) is 16.5 Å². The van der Waals surface area contributed by atoms with E-state index in [1.165, 1.54) is 23.7 Å². The van der Waals surface area contributed by atoms with E-state index >= 15 is 0 Å². The molecule has 0 bridgehead atoms. The molecule has 1 aliphatic rings. The minimum absolute atomic E-state index is 0.119. The van der Waals surface area contributed by atoms with Gasteiger partial charge in [0, 0.05) is 29.0 Å². The lowest BCUT2D eigenvalue weighted by molar-refractivity contribution is -0.139. The molecule has 0 atom stereocenters. The van der Waals surface area contributed by atoms with Gasteiger partial charge in [0.1, 0.15) is 12.1 Å². The molecule has 1 N–H and O–H groups in total. The largest absolute Gasteiger partial charge is 0.490 e. The standard InChI is InChI=1S/C19H17F3N4OS/c20-19(21,22)15-7-13(5-6-17(15)27-14-3-1-2-4-14)25-18-26-16(10-28-18)12-8-23-11-24-9-12/h5-11,14H,1-4H2,(H,25,26). The number of hydrogen-bond donors (Lipinski definition) is 1. The second-order valence-electron chi connectivity index (χ2n) is 6.52. The molecule has 0 saturated heterocycles. The third kappa shape index (κ3) is 4.24. The molecular formula is C19H17F3N4OS. The van der Waals surface area contributed by atoms with Gasteiger partial charge in [-0.1, -0.05) is 0 Å². The highest BCUT2D eigenvalue weighted by Gasteiger charge is 2.35. The van der Waals surface area contributed by atoms with E-state index in [2.05, 4.69) is 20.3 Å². The van der Waals surface area contributed by atoms with Gasteiger partial charge in [0.2, 0.25) is 0 Å². The van der Waals surface area contributed by atoms with Crippen LogP contribution in [0.3, 0.4) is 0 Å². The Balaban J connectivity index is 1.56. The summed E-state index contributed by atoms with van der Waals surface area (Å²) in [5.74, 6) is -0.119. The molecule has 5 nitrogen and oxygen atoms in total. The molecule has 2 heterocycles. The van der Waals surface area contributed by atoms with Gasteiger partial charge >= 0.3 is 6.18 Å². The summed E-state index contributed by atoms with van der Waals surface area (Å²) in [5.41, 5.74) is 0.919. The van der Waals surface area contributed by atoms with E-state index < -0.39 is 11.7 Å². The summed E-state index contributed by atoms with van der Waals surface area (Å²) < 4.78 is 46.2. The third-order valence-electron chi connectivity index (χ3n) is 4.49. The van der Waals surface area contributed by atoms with Crippen LogP contribution in [0, 0.1) is 0 Å². The number of thiazole rings is 1. The first-order valence-corrected chi connectivity index (χ1v) is 9.73. The molecule has 28 heavy (non-hydrogen) atoms. The van der Waals surface area contributed by atoms with Crippen molar-refractivity contribution < 1.29 is 17.9 Å². The van der Waals surface area contributed by atoms with Crippen LogP contribution in [-0.4, -0.2) is 21.1 Å². The number of nitrogens with zero attached hydrogens (tertiary/aromatic N) is 3. The average molecular weight is 406 g/mol. The van der Waals surface area contributed by atoms with Gasteiger partial charge in [-0.25, -0.2) is 15.0 Å². The maximum Gasteiger partial charge on any atom is 0.420 e. The van der Waals surface area contributed by atoms with Crippen molar-refractivity contribution in [1.29, 1.82) is 0 Å². The fourth-order valence-electron chi connectivity index (χ4n) is 3.14. The molecule has 0 spiro atoms. The second-order valence-corrected chi connectivity index (χ2v) is 7.38. The van der Waals surface area contributed by atoms with Gasteiger partial charge in [-0.15, -0.1) is 11.3 Å². The van der Waals surface area contributed by atoms with Crippen LogP contribution in [-0.2, 0) is 6.18 Å². The first-order valence-electron chi connectivity index (χ1n) is 8.85. The number of halogens is 3. The summed E-state index contributed by atoms with van der Waals surface area (Å²) in [6, 6.07) is 4.02. The third-order valence-corrected chi connectivity index (χ3v) is 5.25. The van der Waals surface area contributed by atoms with Crippen molar-refractivity contribution in [3.8, 4) is 17.0 Å². The van der Waals surface area contributed by atoms with Crippen molar-refractivity contribution in [3.05, 3.63) is 47.9 Å². The minimum atomic E-state index is -4.50. The summed E-state index contributed by atoms with van der Waals surface area (Å²) >= 11 is 1.29. The maximum absolute atomic E-state index is 13.5. The average Bonchev–Trinajstić information content (AvgIpc) is 3.35. The van der Waals surface area contributed by atoms with Crippen LogP contribution in [0.1, 0.15) is 31.2 Å². The van der Waals surface area contributed by atoms with Crippen molar-refractivity contribution in [2.75, 3.05) is 5.32 Å². The summed E-state index contributed by atoms with van der Waals surface area (Å²) in [5, 5.41) is 5.22. The Hall–Kier alpha value is -2.68. The van der Waals surface area contributed by atoms with Gasteiger partial charge in [0.05, 0.1) is 17.4 Å². The van der Waals surface area contributed by atoms with E-state index in [1.54, 1.807) is 23.8 Å². The lowest BCUT2D eigenvalue weighted by Gasteiger charge is -2.19. The predicted octanol–water partition coefficient (Wildman–Crippen LogP) is 5.68. The van der Waals surface area contributed by atoms with Gasteiger partial charge < -0.3 is 10.1 Å². The zero-order valence-corrected chi connectivity index (χ0v) is 15.6. The number of anilines is 2. The van der Waals surface area contributed by atoms with Gasteiger partial charge in [0.15, 0.2) is 5.13 Å². The van der Waals surface area contributed by atoms with Crippen molar-refractivity contribution in [1.82, 2.24) is 15.0 Å². The van der Waals surface area contributed by atoms with Gasteiger partial charge in [-0.3, -0.25) is 0 Å². The number of hydrogen-bond acceptors (Lipinski definition) is 6. The molecule has 1 aliphatic carbocycles. The topological polar surface area (TPSA) is 59.9 Å². The summed E-state index contributed by atoms with van der Waals surface area (Å²) in [4.78, 5) is 12.3. The molecular weight excluding hydrogens is 389 g/mol.